The lowest BCUT2D eigenvalue weighted by Crippen LogP contribution is -1.95. The first-order chi connectivity index (χ1) is 9.86. The fourth-order valence-electron chi connectivity index (χ4n) is 2.36. The number of fused-ring (bicyclic) bond motifs is 3. The van der Waals surface area contributed by atoms with Gasteiger partial charge in [-0.1, -0.05) is 37.3 Å². The van der Waals surface area contributed by atoms with Gasteiger partial charge in [0.25, 0.3) is 0 Å². The second-order valence-corrected chi connectivity index (χ2v) is 5.73. The van der Waals surface area contributed by atoms with E-state index in [4.69, 9.17) is 4.98 Å². The van der Waals surface area contributed by atoms with Crippen LogP contribution in [0.4, 0.5) is 0 Å². The Kier molecular flexibility index (Phi) is 2.53. The highest BCUT2D eigenvalue weighted by Crippen LogP contribution is 2.30. The molecule has 0 N–H and O–H groups in total. The monoisotopic (exact) mass is 280 g/mol. The molecule has 0 atom stereocenters. The number of hydrogen-bond acceptors (Lipinski definition) is 4. The Hall–Kier alpha value is -2.27. The predicted molar refractivity (Wildman–Crippen MR) is 81.0 cm³/mol. The molecule has 5 heteroatoms. The number of thiophene rings is 1. The maximum atomic E-state index is 4.82. The Morgan fingerprint density at radius 3 is 2.85 bits per heavy atom. The smallest absolute Gasteiger partial charge is 0.172 e. The number of aromatic nitrogens is 4. The van der Waals surface area contributed by atoms with E-state index in [9.17, 15) is 0 Å². The van der Waals surface area contributed by atoms with Crippen LogP contribution in [0.5, 0.6) is 0 Å². The van der Waals surface area contributed by atoms with Gasteiger partial charge in [-0.15, -0.1) is 21.5 Å². The molecule has 98 valence electrons. The first kappa shape index (κ1) is 11.5. The van der Waals surface area contributed by atoms with Gasteiger partial charge >= 0.3 is 0 Å². The van der Waals surface area contributed by atoms with Gasteiger partial charge in [0.05, 0.1) is 5.39 Å². The van der Waals surface area contributed by atoms with E-state index in [0.29, 0.717) is 0 Å². The number of hydrogen-bond donors (Lipinski definition) is 0. The number of aryl methyl sites for hydroxylation is 1. The molecule has 0 aliphatic carbocycles. The molecule has 0 saturated heterocycles. The van der Waals surface area contributed by atoms with Crippen molar-refractivity contribution < 1.29 is 0 Å². The summed E-state index contributed by atoms with van der Waals surface area (Å²) in [4.78, 5) is 7.17. The number of rotatable bonds is 2. The molecule has 1 aromatic carbocycles. The van der Waals surface area contributed by atoms with Gasteiger partial charge in [-0.2, -0.15) is 0 Å². The number of nitrogens with zero attached hydrogens (tertiary/aromatic N) is 4. The second-order valence-electron chi connectivity index (χ2n) is 4.61. The summed E-state index contributed by atoms with van der Waals surface area (Å²) in [6.45, 7) is 2.16. The van der Waals surface area contributed by atoms with Crippen LogP contribution in [0.1, 0.15) is 11.8 Å². The van der Waals surface area contributed by atoms with Crippen molar-refractivity contribution in [3.8, 4) is 11.4 Å². The summed E-state index contributed by atoms with van der Waals surface area (Å²) in [6, 6.07) is 12.3. The fourth-order valence-corrected chi connectivity index (χ4v) is 3.33. The maximum absolute atomic E-state index is 4.82. The minimum absolute atomic E-state index is 0.879. The molecule has 0 aliphatic heterocycles. The van der Waals surface area contributed by atoms with Crippen molar-refractivity contribution >= 4 is 27.2 Å². The molecular weight excluding hydrogens is 268 g/mol. The van der Waals surface area contributed by atoms with Crippen LogP contribution in [0.2, 0.25) is 0 Å². The van der Waals surface area contributed by atoms with Gasteiger partial charge in [0.1, 0.15) is 17.0 Å². The third kappa shape index (κ3) is 1.63. The highest BCUT2D eigenvalue weighted by molar-refractivity contribution is 7.18. The molecule has 3 heterocycles. The van der Waals surface area contributed by atoms with Crippen LogP contribution in [-0.2, 0) is 6.42 Å². The molecule has 3 aromatic heterocycles. The van der Waals surface area contributed by atoms with E-state index in [1.54, 1.807) is 17.7 Å². The maximum Gasteiger partial charge on any atom is 0.172 e. The van der Waals surface area contributed by atoms with Crippen LogP contribution in [0.3, 0.4) is 0 Å². The van der Waals surface area contributed by atoms with E-state index < -0.39 is 0 Å². The van der Waals surface area contributed by atoms with Crippen LogP contribution in [0.15, 0.2) is 42.7 Å². The zero-order valence-corrected chi connectivity index (χ0v) is 11.8. The zero-order chi connectivity index (χ0) is 13.5. The van der Waals surface area contributed by atoms with E-state index in [1.807, 2.05) is 22.6 Å². The van der Waals surface area contributed by atoms with E-state index in [1.165, 1.54) is 4.88 Å². The molecule has 0 saturated carbocycles. The van der Waals surface area contributed by atoms with E-state index in [-0.39, 0.29) is 0 Å². The van der Waals surface area contributed by atoms with E-state index in [0.717, 1.165) is 33.7 Å². The molecule has 0 unspecified atom stereocenters. The summed E-state index contributed by atoms with van der Waals surface area (Å²) in [5.74, 6) is 0.891. The minimum Gasteiger partial charge on any atom is -0.264 e. The van der Waals surface area contributed by atoms with Gasteiger partial charge in [-0.3, -0.25) is 4.40 Å². The van der Waals surface area contributed by atoms with Crippen molar-refractivity contribution in [3.05, 3.63) is 47.6 Å². The van der Waals surface area contributed by atoms with Crippen molar-refractivity contribution in [1.29, 1.82) is 0 Å². The standard InChI is InChI=1S/C15H12N4S/c1-2-11-8-12-14-18-16-9-19(14)13(17-15(12)20-11)10-6-4-3-5-7-10/h3-9H,2H2,1H3. The molecule has 4 rings (SSSR count). The normalized spacial score (nSPS) is 11.4. The van der Waals surface area contributed by atoms with Crippen molar-refractivity contribution in [1.82, 2.24) is 19.6 Å². The van der Waals surface area contributed by atoms with Crippen LogP contribution in [0.25, 0.3) is 27.3 Å². The SMILES string of the molecule is CCc1cc2c(nc(-c3ccccc3)n3cnnc23)s1. The van der Waals surface area contributed by atoms with Gasteiger partial charge in [0.15, 0.2) is 5.65 Å². The zero-order valence-electron chi connectivity index (χ0n) is 10.9. The quantitative estimate of drug-likeness (QED) is 0.564. The van der Waals surface area contributed by atoms with Crippen LogP contribution in [0, 0.1) is 0 Å². The van der Waals surface area contributed by atoms with Crippen LogP contribution in [-0.4, -0.2) is 19.6 Å². The fraction of sp³-hybridized carbons (Fsp3) is 0.133. The Morgan fingerprint density at radius 1 is 1.20 bits per heavy atom. The van der Waals surface area contributed by atoms with E-state index in [2.05, 4.69) is 35.3 Å². The Bertz CT molecular complexity index is 892. The third-order valence-electron chi connectivity index (χ3n) is 3.37. The predicted octanol–water partition coefficient (Wildman–Crippen LogP) is 3.57. The average Bonchev–Trinajstić information content (AvgIpc) is 3.13. The van der Waals surface area contributed by atoms with Crippen molar-refractivity contribution in [2.75, 3.05) is 0 Å². The molecule has 0 aliphatic rings. The first-order valence-electron chi connectivity index (χ1n) is 6.54. The molecule has 0 radical (unpaired) electrons. The summed E-state index contributed by atoms with van der Waals surface area (Å²) >= 11 is 1.73. The number of benzene rings is 1. The Labute approximate surface area is 119 Å². The van der Waals surface area contributed by atoms with Gasteiger partial charge in [0, 0.05) is 10.4 Å². The first-order valence-corrected chi connectivity index (χ1v) is 7.36. The molecule has 0 bridgehead atoms. The molecule has 0 fully saturated rings. The summed E-state index contributed by atoms with van der Waals surface area (Å²) in [5.41, 5.74) is 1.95. The molecule has 0 spiro atoms. The summed E-state index contributed by atoms with van der Waals surface area (Å²) in [7, 11) is 0. The second kappa shape index (κ2) is 4.38. The van der Waals surface area contributed by atoms with Gasteiger partial charge < -0.3 is 0 Å². The molecule has 4 nitrogen and oxygen atoms in total. The van der Waals surface area contributed by atoms with Gasteiger partial charge in [-0.25, -0.2) is 4.98 Å². The average molecular weight is 280 g/mol. The molecule has 0 amide bonds. The van der Waals surface area contributed by atoms with E-state index >= 15 is 0 Å². The summed E-state index contributed by atoms with van der Waals surface area (Å²) in [5, 5.41) is 9.40. The lowest BCUT2D eigenvalue weighted by Gasteiger charge is -2.04. The van der Waals surface area contributed by atoms with Crippen molar-refractivity contribution in [2.24, 2.45) is 0 Å². The third-order valence-corrected chi connectivity index (χ3v) is 4.54. The highest BCUT2D eigenvalue weighted by atomic mass is 32.1. The largest absolute Gasteiger partial charge is 0.264 e. The molecule has 20 heavy (non-hydrogen) atoms. The summed E-state index contributed by atoms with van der Waals surface area (Å²) in [6.07, 6.45) is 2.75. The molecular formula is C15H12N4S. The highest BCUT2D eigenvalue weighted by Gasteiger charge is 2.13. The van der Waals surface area contributed by atoms with Crippen molar-refractivity contribution in [3.63, 3.8) is 0 Å². The molecule has 4 aromatic rings. The van der Waals surface area contributed by atoms with Gasteiger partial charge in [0.2, 0.25) is 0 Å². The minimum atomic E-state index is 0.879. The lowest BCUT2D eigenvalue weighted by molar-refractivity contribution is 1.09. The van der Waals surface area contributed by atoms with Crippen molar-refractivity contribution in [2.45, 2.75) is 13.3 Å². The van der Waals surface area contributed by atoms with Crippen LogP contribution < -0.4 is 0 Å². The topological polar surface area (TPSA) is 43.1 Å². The van der Waals surface area contributed by atoms with Crippen LogP contribution >= 0.6 is 11.3 Å². The summed E-state index contributed by atoms with van der Waals surface area (Å²) < 4.78 is 1.96. The van der Waals surface area contributed by atoms with Gasteiger partial charge in [-0.05, 0) is 12.5 Å². The Morgan fingerprint density at radius 2 is 2.05 bits per heavy atom. The lowest BCUT2D eigenvalue weighted by atomic mass is 10.2. The Balaban J connectivity index is 2.11.